The van der Waals surface area contributed by atoms with Crippen LogP contribution in [-0.4, -0.2) is 22.6 Å². The molecule has 1 amide bonds. The summed E-state index contributed by atoms with van der Waals surface area (Å²) >= 11 is 0. The highest BCUT2D eigenvalue weighted by molar-refractivity contribution is 5.96. The smallest absolute Gasteiger partial charge is 0.232 e. The number of anilines is 1. The van der Waals surface area contributed by atoms with E-state index in [1.54, 1.807) is 0 Å². The quantitative estimate of drug-likeness (QED) is 0.580. The van der Waals surface area contributed by atoms with Gasteiger partial charge in [0.2, 0.25) is 17.6 Å². The van der Waals surface area contributed by atoms with Crippen molar-refractivity contribution in [2.45, 2.75) is 52.4 Å². The van der Waals surface area contributed by atoms with Gasteiger partial charge < -0.3 is 9.42 Å². The average Bonchev–Trinajstić information content (AvgIpc) is 3.35. The Morgan fingerprint density at radius 2 is 1.93 bits per heavy atom. The maximum atomic E-state index is 12.6. The Morgan fingerprint density at radius 1 is 1.14 bits per heavy atom. The molecule has 5 nitrogen and oxygen atoms in total. The number of aryl methyl sites for hydroxylation is 3. The lowest BCUT2D eigenvalue weighted by atomic mass is 10.1. The predicted octanol–water partition coefficient (Wildman–Crippen LogP) is 5.22. The van der Waals surface area contributed by atoms with E-state index in [0.29, 0.717) is 24.7 Å². The molecule has 1 saturated heterocycles. The first-order valence-corrected chi connectivity index (χ1v) is 10.4. The van der Waals surface area contributed by atoms with E-state index in [1.165, 1.54) is 18.4 Å². The zero-order valence-electron chi connectivity index (χ0n) is 17.3. The molecule has 0 aliphatic carbocycles. The van der Waals surface area contributed by atoms with Gasteiger partial charge in [-0.3, -0.25) is 4.79 Å². The summed E-state index contributed by atoms with van der Waals surface area (Å²) in [5.41, 5.74) is 5.49. The fraction of sp³-hybridized carbons (Fsp3) is 0.375. The number of benzene rings is 2. The molecule has 1 aliphatic rings. The van der Waals surface area contributed by atoms with Gasteiger partial charge in [-0.05, 0) is 56.0 Å². The summed E-state index contributed by atoms with van der Waals surface area (Å²) in [5, 5.41) is 4.18. The standard InChI is InChI=1S/C24H27N3O2/c1-4-5-6-18-9-11-20(12-10-18)27-15-19(14-22(27)28)24-25-23(26-29-24)21-13-16(2)7-8-17(21)3/h7-13,19H,4-6,14-15H2,1-3H3. The predicted molar refractivity (Wildman–Crippen MR) is 114 cm³/mol. The highest BCUT2D eigenvalue weighted by Crippen LogP contribution is 2.32. The van der Waals surface area contributed by atoms with Crippen molar-refractivity contribution < 1.29 is 9.32 Å². The highest BCUT2D eigenvalue weighted by Gasteiger charge is 2.35. The van der Waals surface area contributed by atoms with E-state index >= 15 is 0 Å². The summed E-state index contributed by atoms with van der Waals surface area (Å²) in [5.74, 6) is 1.15. The Labute approximate surface area is 171 Å². The van der Waals surface area contributed by atoms with Gasteiger partial charge in [0, 0.05) is 24.2 Å². The summed E-state index contributed by atoms with van der Waals surface area (Å²) in [4.78, 5) is 19.1. The van der Waals surface area contributed by atoms with Gasteiger partial charge >= 0.3 is 0 Å². The normalized spacial score (nSPS) is 16.6. The number of rotatable bonds is 6. The number of nitrogens with zero attached hydrogens (tertiary/aromatic N) is 3. The van der Waals surface area contributed by atoms with Crippen LogP contribution in [0, 0.1) is 13.8 Å². The number of amides is 1. The van der Waals surface area contributed by atoms with Crippen LogP contribution in [0.5, 0.6) is 0 Å². The van der Waals surface area contributed by atoms with Crippen molar-refractivity contribution in [1.82, 2.24) is 10.1 Å². The molecule has 4 rings (SSSR count). The van der Waals surface area contributed by atoms with Crippen molar-refractivity contribution >= 4 is 11.6 Å². The Morgan fingerprint density at radius 3 is 2.69 bits per heavy atom. The SMILES string of the molecule is CCCCc1ccc(N2CC(c3nc(-c4cc(C)ccc4C)no3)CC2=O)cc1. The molecule has 1 aromatic heterocycles. The molecular weight excluding hydrogens is 362 g/mol. The van der Waals surface area contributed by atoms with E-state index < -0.39 is 0 Å². The molecule has 1 aliphatic heterocycles. The second kappa shape index (κ2) is 8.19. The second-order valence-electron chi connectivity index (χ2n) is 7.95. The van der Waals surface area contributed by atoms with Crippen molar-refractivity contribution in [2.75, 3.05) is 11.4 Å². The fourth-order valence-corrected chi connectivity index (χ4v) is 3.83. The number of hydrogen-bond donors (Lipinski definition) is 0. The molecule has 2 heterocycles. The van der Waals surface area contributed by atoms with Crippen molar-refractivity contribution in [3.63, 3.8) is 0 Å². The third-order valence-electron chi connectivity index (χ3n) is 5.62. The van der Waals surface area contributed by atoms with Gasteiger partial charge in [-0.1, -0.05) is 48.3 Å². The Kier molecular flexibility index (Phi) is 5.47. The van der Waals surface area contributed by atoms with Crippen LogP contribution in [0.15, 0.2) is 47.0 Å². The van der Waals surface area contributed by atoms with Gasteiger partial charge in [-0.2, -0.15) is 4.98 Å². The summed E-state index contributed by atoms with van der Waals surface area (Å²) in [7, 11) is 0. The topological polar surface area (TPSA) is 59.2 Å². The van der Waals surface area contributed by atoms with Crippen LogP contribution < -0.4 is 4.90 Å². The zero-order valence-corrected chi connectivity index (χ0v) is 17.3. The van der Waals surface area contributed by atoms with Crippen LogP contribution in [0.1, 0.15) is 54.7 Å². The van der Waals surface area contributed by atoms with Crippen molar-refractivity contribution in [2.24, 2.45) is 0 Å². The van der Waals surface area contributed by atoms with Crippen molar-refractivity contribution in [3.05, 3.63) is 65.0 Å². The molecule has 0 saturated carbocycles. The van der Waals surface area contributed by atoms with Crippen LogP contribution in [0.3, 0.4) is 0 Å². The number of carbonyl (C=O) groups is 1. The average molecular weight is 389 g/mol. The molecule has 1 fully saturated rings. The first kappa shape index (κ1) is 19.4. The Hall–Kier alpha value is -2.95. The Bertz CT molecular complexity index is 1010. The number of hydrogen-bond acceptors (Lipinski definition) is 4. The van der Waals surface area contributed by atoms with E-state index in [1.807, 2.05) is 30.9 Å². The summed E-state index contributed by atoms with van der Waals surface area (Å²) in [6, 6.07) is 14.5. The van der Waals surface area contributed by atoms with E-state index in [4.69, 9.17) is 4.52 Å². The first-order valence-electron chi connectivity index (χ1n) is 10.4. The lowest BCUT2D eigenvalue weighted by Gasteiger charge is -2.16. The van der Waals surface area contributed by atoms with Crippen LogP contribution in [-0.2, 0) is 11.2 Å². The second-order valence-corrected chi connectivity index (χ2v) is 7.95. The van der Waals surface area contributed by atoms with Crippen LogP contribution in [0.4, 0.5) is 5.69 Å². The number of carbonyl (C=O) groups excluding carboxylic acids is 1. The molecule has 5 heteroatoms. The molecule has 3 aromatic rings. The minimum Gasteiger partial charge on any atom is -0.339 e. The number of aromatic nitrogens is 2. The van der Waals surface area contributed by atoms with Gasteiger partial charge in [0.1, 0.15) is 0 Å². The molecule has 0 bridgehead atoms. The largest absolute Gasteiger partial charge is 0.339 e. The van der Waals surface area contributed by atoms with Crippen LogP contribution in [0.2, 0.25) is 0 Å². The minimum absolute atomic E-state index is 0.0753. The molecule has 0 N–H and O–H groups in total. The van der Waals surface area contributed by atoms with Gasteiger partial charge in [-0.15, -0.1) is 0 Å². The monoisotopic (exact) mass is 389 g/mol. The van der Waals surface area contributed by atoms with E-state index in [0.717, 1.165) is 28.8 Å². The molecule has 2 aromatic carbocycles. The van der Waals surface area contributed by atoms with Gasteiger partial charge in [0.05, 0.1) is 5.92 Å². The maximum absolute atomic E-state index is 12.6. The maximum Gasteiger partial charge on any atom is 0.232 e. The van der Waals surface area contributed by atoms with E-state index in [2.05, 4.69) is 47.4 Å². The van der Waals surface area contributed by atoms with Crippen LogP contribution >= 0.6 is 0 Å². The summed E-state index contributed by atoms with van der Waals surface area (Å²) in [6.07, 6.45) is 3.84. The fourth-order valence-electron chi connectivity index (χ4n) is 3.83. The minimum atomic E-state index is -0.0753. The third kappa shape index (κ3) is 4.09. The number of unbranched alkanes of at least 4 members (excludes halogenated alkanes) is 1. The molecule has 0 spiro atoms. The third-order valence-corrected chi connectivity index (χ3v) is 5.62. The lowest BCUT2D eigenvalue weighted by molar-refractivity contribution is -0.117. The van der Waals surface area contributed by atoms with Gasteiger partial charge in [0.25, 0.3) is 0 Å². The van der Waals surface area contributed by atoms with E-state index in [-0.39, 0.29) is 11.8 Å². The molecule has 0 radical (unpaired) electrons. The highest BCUT2D eigenvalue weighted by atomic mass is 16.5. The van der Waals surface area contributed by atoms with Gasteiger partial charge in [-0.25, -0.2) is 0 Å². The summed E-state index contributed by atoms with van der Waals surface area (Å²) in [6.45, 7) is 6.85. The molecular formula is C24H27N3O2. The Balaban J connectivity index is 1.50. The first-order chi connectivity index (χ1) is 14.0. The molecule has 29 heavy (non-hydrogen) atoms. The molecule has 150 valence electrons. The van der Waals surface area contributed by atoms with Crippen LogP contribution in [0.25, 0.3) is 11.4 Å². The lowest BCUT2D eigenvalue weighted by Crippen LogP contribution is -2.24. The van der Waals surface area contributed by atoms with E-state index in [9.17, 15) is 4.79 Å². The van der Waals surface area contributed by atoms with Crippen molar-refractivity contribution in [1.29, 1.82) is 0 Å². The van der Waals surface area contributed by atoms with Crippen molar-refractivity contribution in [3.8, 4) is 11.4 Å². The zero-order chi connectivity index (χ0) is 20.4. The summed E-state index contributed by atoms with van der Waals surface area (Å²) < 4.78 is 5.55. The molecule has 1 unspecified atom stereocenters. The molecule has 1 atom stereocenters. The van der Waals surface area contributed by atoms with Gasteiger partial charge in [0.15, 0.2) is 0 Å².